The lowest BCUT2D eigenvalue weighted by Crippen LogP contribution is -2.14. The highest BCUT2D eigenvalue weighted by Gasteiger charge is 2.22. The molecule has 2 atom stereocenters. The van der Waals surface area contributed by atoms with Gasteiger partial charge in [-0.1, -0.05) is 36.2 Å². The molecular formula is C11H13Cl2NS. The third-order valence-electron chi connectivity index (χ3n) is 2.73. The van der Waals surface area contributed by atoms with E-state index in [4.69, 9.17) is 28.9 Å². The lowest BCUT2D eigenvalue weighted by molar-refractivity contribution is 0.651. The van der Waals surface area contributed by atoms with Gasteiger partial charge in [-0.15, -0.1) is 0 Å². The van der Waals surface area contributed by atoms with Crippen molar-refractivity contribution in [2.75, 3.05) is 0 Å². The standard InChI is InChI=1S/C11H13Cl2NS/c1-6-4-10(14)7-2-3-9(12)11(13)8(7)5-15-6/h2-3,6,10H,4-5,14H2,1H3. The van der Waals surface area contributed by atoms with E-state index in [1.807, 2.05) is 23.9 Å². The van der Waals surface area contributed by atoms with E-state index in [0.29, 0.717) is 15.3 Å². The Hall–Kier alpha value is 0.110. The first kappa shape index (κ1) is 11.6. The van der Waals surface area contributed by atoms with Crippen molar-refractivity contribution < 1.29 is 0 Å². The third-order valence-corrected chi connectivity index (χ3v) is 4.79. The molecule has 82 valence electrons. The number of hydrogen-bond acceptors (Lipinski definition) is 2. The van der Waals surface area contributed by atoms with Gasteiger partial charge in [-0.3, -0.25) is 0 Å². The van der Waals surface area contributed by atoms with E-state index in [9.17, 15) is 0 Å². The van der Waals surface area contributed by atoms with E-state index in [-0.39, 0.29) is 6.04 Å². The summed E-state index contributed by atoms with van der Waals surface area (Å²) < 4.78 is 0. The molecule has 1 aromatic rings. The monoisotopic (exact) mass is 261 g/mol. The van der Waals surface area contributed by atoms with Crippen molar-refractivity contribution in [1.29, 1.82) is 0 Å². The molecule has 2 unspecified atom stereocenters. The van der Waals surface area contributed by atoms with Gasteiger partial charge in [0.05, 0.1) is 10.0 Å². The van der Waals surface area contributed by atoms with Crippen LogP contribution < -0.4 is 5.73 Å². The summed E-state index contributed by atoms with van der Waals surface area (Å²) in [5.41, 5.74) is 8.41. The quantitative estimate of drug-likeness (QED) is 0.764. The van der Waals surface area contributed by atoms with E-state index < -0.39 is 0 Å². The molecule has 0 saturated heterocycles. The molecule has 0 radical (unpaired) electrons. The molecule has 1 aliphatic heterocycles. The van der Waals surface area contributed by atoms with Gasteiger partial charge < -0.3 is 5.73 Å². The molecule has 0 amide bonds. The summed E-state index contributed by atoms with van der Waals surface area (Å²) >= 11 is 14.1. The van der Waals surface area contributed by atoms with Crippen LogP contribution >= 0.6 is 35.0 Å². The topological polar surface area (TPSA) is 26.0 Å². The smallest absolute Gasteiger partial charge is 0.0636 e. The molecule has 0 aromatic heterocycles. The average Bonchev–Trinajstić information content (AvgIpc) is 2.32. The molecule has 0 spiro atoms. The van der Waals surface area contributed by atoms with Gasteiger partial charge in [-0.2, -0.15) is 11.8 Å². The third kappa shape index (κ3) is 2.28. The molecule has 1 aromatic carbocycles. The zero-order valence-corrected chi connectivity index (χ0v) is 10.8. The van der Waals surface area contributed by atoms with Gasteiger partial charge in [-0.05, 0) is 23.6 Å². The van der Waals surface area contributed by atoms with Crippen LogP contribution in [0.4, 0.5) is 0 Å². The summed E-state index contributed by atoms with van der Waals surface area (Å²) in [5.74, 6) is 0.906. The first-order chi connectivity index (χ1) is 7.09. The van der Waals surface area contributed by atoms with E-state index in [1.54, 1.807) is 0 Å². The molecule has 2 rings (SSSR count). The SMILES string of the molecule is CC1CC(N)c2ccc(Cl)c(Cl)c2CS1. The highest BCUT2D eigenvalue weighted by molar-refractivity contribution is 7.99. The van der Waals surface area contributed by atoms with Gasteiger partial charge >= 0.3 is 0 Å². The van der Waals surface area contributed by atoms with Crippen molar-refractivity contribution in [2.45, 2.75) is 30.4 Å². The second kappa shape index (κ2) is 4.54. The Kier molecular flexibility index (Phi) is 3.51. The minimum absolute atomic E-state index is 0.0831. The molecule has 0 saturated carbocycles. The first-order valence-corrected chi connectivity index (χ1v) is 6.74. The molecule has 1 aliphatic rings. The van der Waals surface area contributed by atoms with Crippen molar-refractivity contribution in [3.8, 4) is 0 Å². The van der Waals surface area contributed by atoms with E-state index in [2.05, 4.69) is 6.92 Å². The summed E-state index contributed by atoms with van der Waals surface area (Å²) in [7, 11) is 0. The first-order valence-electron chi connectivity index (χ1n) is 4.93. The number of hydrogen-bond donors (Lipinski definition) is 1. The van der Waals surface area contributed by atoms with Crippen LogP contribution in [0.1, 0.15) is 30.5 Å². The van der Waals surface area contributed by atoms with Crippen molar-refractivity contribution in [1.82, 2.24) is 0 Å². The van der Waals surface area contributed by atoms with Gasteiger partial charge in [0, 0.05) is 17.0 Å². The number of thioether (sulfide) groups is 1. The number of rotatable bonds is 0. The number of nitrogens with two attached hydrogens (primary N) is 1. The fourth-order valence-corrected chi connectivity index (χ4v) is 3.48. The number of fused-ring (bicyclic) bond motifs is 1. The Balaban J connectivity index is 2.48. The molecule has 1 nitrogen and oxygen atoms in total. The zero-order valence-electron chi connectivity index (χ0n) is 8.47. The average molecular weight is 262 g/mol. The highest BCUT2D eigenvalue weighted by Crippen LogP contribution is 2.39. The molecule has 4 heteroatoms. The Labute approximate surface area is 104 Å². The maximum atomic E-state index is 6.20. The molecule has 0 aliphatic carbocycles. The lowest BCUT2D eigenvalue weighted by atomic mass is 9.98. The summed E-state index contributed by atoms with van der Waals surface area (Å²) in [5, 5.41) is 1.87. The minimum Gasteiger partial charge on any atom is -0.324 e. The largest absolute Gasteiger partial charge is 0.324 e. The Bertz CT molecular complexity index is 381. The fourth-order valence-electron chi connectivity index (χ4n) is 1.88. The molecule has 15 heavy (non-hydrogen) atoms. The molecular weight excluding hydrogens is 249 g/mol. The maximum Gasteiger partial charge on any atom is 0.0636 e. The highest BCUT2D eigenvalue weighted by atomic mass is 35.5. The Morgan fingerprint density at radius 2 is 2.13 bits per heavy atom. The van der Waals surface area contributed by atoms with Crippen LogP contribution in [0.3, 0.4) is 0 Å². The van der Waals surface area contributed by atoms with E-state index in [1.165, 1.54) is 0 Å². The summed E-state index contributed by atoms with van der Waals surface area (Å²) in [4.78, 5) is 0. The Morgan fingerprint density at radius 3 is 2.87 bits per heavy atom. The van der Waals surface area contributed by atoms with Gasteiger partial charge in [0.15, 0.2) is 0 Å². The van der Waals surface area contributed by atoms with Gasteiger partial charge in [0.2, 0.25) is 0 Å². The second-order valence-electron chi connectivity index (χ2n) is 3.89. The van der Waals surface area contributed by atoms with Gasteiger partial charge in [-0.25, -0.2) is 0 Å². The van der Waals surface area contributed by atoms with Gasteiger partial charge in [0.1, 0.15) is 0 Å². The van der Waals surface area contributed by atoms with Crippen molar-refractivity contribution >= 4 is 35.0 Å². The van der Waals surface area contributed by atoms with Crippen LogP contribution in [-0.4, -0.2) is 5.25 Å². The number of halogens is 2. The normalized spacial score (nSPS) is 25.9. The van der Waals surface area contributed by atoms with Crippen LogP contribution in [0.25, 0.3) is 0 Å². The summed E-state index contributed by atoms with van der Waals surface area (Å²) in [6.45, 7) is 2.20. The van der Waals surface area contributed by atoms with E-state index >= 15 is 0 Å². The van der Waals surface area contributed by atoms with Crippen LogP contribution in [0.15, 0.2) is 12.1 Å². The van der Waals surface area contributed by atoms with Gasteiger partial charge in [0.25, 0.3) is 0 Å². The fraction of sp³-hybridized carbons (Fsp3) is 0.455. The Morgan fingerprint density at radius 1 is 1.40 bits per heavy atom. The molecule has 2 N–H and O–H groups in total. The van der Waals surface area contributed by atoms with Crippen LogP contribution in [0.2, 0.25) is 10.0 Å². The summed E-state index contributed by atoms with van der Waals surface area (Å²) in [6.07, 6.45) is 0.996. The summed E-state index contributed by atoms with van der Waals surface area (Å²) in [6, 6.07) is 3.93. The molecule has 1 heterocycles. The lowest BCUT2D eigenvalue weighted by Gasteiger charge is -2.14. The number of benzene rings is 1. The van der Waals surface area contributed by atoms with Crippen LogP contribution in [0.5, 0.6) is 0 Å². The molecule has 0 fully saturated rings. The predicted octanol–water partition coefficient (Wildman–Crippen LogP) is 4.02. The predicted molar refractivity (Wildman–Crippen MR) is 68.8 cm³/mol. The molecule has 0 bridgehead atoms. The van der Waals surface area contributed by atoms with Crippen LogP contribution in [-0.2, 0) is 5.75 Å². The maximum absolute atomic E-state index is 6.20. The second-order valence-corrected chi connectivity index (χ2v) is 6.10. The van der Waals surface area contributed by atoms with Crippen molar-refractivity contribution in [3.05, 3.63) is 33.3 Å². The zero-order chi connectivity index (χ0) is 11.0. The van der Waals surface area contributed by atoms with Crippen LogP contribution in [0, 0.1) is 0 Å². The van der Waals surface area contributed by atoms with Crippen molar-refractivity contribution in [2.24, 2.45) is 5.73 Å². The van der Waals surface area contributed by atoms with E-state index in [0.717, 1.165) is 23.3 Å². The van der Waals surface area contributed by atoms with Crippen molar-refractivity contribution in [3.63, 3.8) is 0 Å². The minimum atomic E-state index is 0.0831.